The number of nitrogens with zero attached hydrogens (tertiary/aromatic N) is 10. The SMILES string of the molecule is C.C.C=Cc1ccc2c(c1[N+](=O)[O-])CN=C2.C=Cc1ccc2cn(C)nc2c1[N+](=O)[O-].C=Cc1ccc2cnn(C)c2c1[N+](=O)[O-].CCc1ccc2cn(C)nc2c1N. The molecule has 8 rings (SSSR count). The van der Waals surface area contributed by atoms with Crippen molar-refractivity contribution >= 4 is 79.9 Å². The van der Waals surface area contributed by atoms with Crippen LogP contribution in [0.1, 0.15) is 55.2 Å². The van der Waals surface area contributed by atoms with Crippen molar-refractivity contribution in [2.24, 2.45) is 26.1 Å². The predicted octanol–water partition coefficient (Wildman–Crippen LogP) is 9.41. The number of nitrogen functional groups attached to an aromatic ring is 1. The third-order valence-electron chi connectivity index (χ3n) is 9.05. The van der Waals surface area contributed by atoms with Crippen LogP contribution in [0.3, 0.4) is 0 Å². The molecular weight excluding hydrogens is 755 g/mol. The Kier molecular flexibility index (Phi) is 15.0. The lowest BCUT2D eigenvalue weighted by Gasteiger charge is -2.02. The Morgan fingerprint density at radius 2 is 1.20 bits per heavy atom. The number of aliphatic imine (C=N–C) groups is 1. The molecule has 0 saturated carbocycles. The average Bonchev–Trinajstić information content (AvgIpc) is 3.99. The molecule has 4 aromatic carbocycles. The highest BCUT2D eigenvalue weighted by Crippen LogP contribution is 2.32. The van der Waals surface area contributed by atoms with E-state index >= 15 is 0 Å². The maximum Gasteiger partial charge on any atom is 0.304 e. The Morgan fingerprint density at radius 3 is 1.76 bits per heavy atom. The van der Waals surface area contributed by atoms with E-state index < -0.39 is 9.85 Å². The fourth-order valence-corrected chi connectivity index (χ4v) is 6.33. The maximum atomic E-state index is 11.0. The molecule has 59 heavy (non-hydrogen) atoms. The van der Waals surface area contributed by atoms with Crippen molar-refractivity contribution in [3.8, 4) is 0 Å². The van der Waals surface area contributed by atoms with Crippen molar-refractivity contribution in [2.45, 2.75) is 34.7 Å². The largest absolute Gasteiger partial charge is 0.397 e. The third-order valence-corrected chi connectivity index (χ3v) is 9.05. The highest BCUT2D eigenvalue weighted by atomic mass is 16.6. The van der Waals surface area contributed by atoms with Crippen molar-refractivity contribution < 1.29 is 14.8 Å². The summed E-state index contributed by atoms with van der Waals surface area (Å²) in [5.74, 6) is 0. The van der Waals surface area contributed by atoms with E-state index in [1.165, 1.54) is 28.5 Å². The maximum absolute atomic E-state index is 11.0. The lowest BCUT2D eigenvalue weighted by molar-refractivity contribution is -0.385. The molecule has 0 radical (unpaired) electrons. The van der Waals surface area contributed by atoms with Gasteiger partial charge in [-0.1, -0.05) is 90.1 Å². The number of nitrogens with two attached hydrogens (primary N) is 1. The Morgan fingerprint density at radius 1 is 0.712 bits per heavy atom. The second kappa shape index (κ2) is 19.4. The number of rotatable bonds is 7. The summed E-state index contributed by atoms with van der Waals surface area (Å²) < 4.78 is 4.85. The van der Waals surface area contributed by atoms with Gasteiger partial charge in [-0.3, -0.25) is 49.4 Å². The molecule has 4 heterocycles. The quantitative estimate of drug-likeness (QED) is 0.0913. The third kappa shape index (κ3) is 9.42. The van der Waals surface area contributed by atoms with E-state index in [0.29, 0.717) is 39.8 Å². The molecular formula is C42H47N11O6. The first-order valence-electron chi connectivity index (χ1n) is 17.3. The molecule has 7 aromatic rings. The van der Waals surface area contributed by atoms with Crippen LogP contribution in [0.5, 0.6) is 0 Å². The number of aromatic nitrogens is 6. The summed E-state index contributed by atoms with van der Waals surface area (Å²) in [4.78, 5) is 35.5. The molecule has 0 spiro atoms. The number of hydrogen-bond donors (Lipinski definition) is 1. The fourth-order valence-electron chi connectivity index (χ4n) is 6.33. The Balaban J connectivity index is 0.000000208. The van der Waals surface area contributed by atoms with E-state index in [-0.39, 0.29) is 36.8 Å². The smallest absolute Gasteiger partial charge is 0.304 e. The van der Waals surface area contributed by atoms with E-state index in [1.807, 2.05) is 19.3 Å². The Hall–Kier alpha value is -7.82. The summed E-state index contributed by atoms with van der Waals surface area (Å²) in [7, 11) is 5.32. The lowest BCUT2D eigenvalue weighted by Crippen LogP contribution is -1.98. The highest BCUT2D eigenvalue weighted by molar-refractivity contribution is 5.93. The monoisotopic (exact) mass is 801 g/mol. The molecule has 306 valence electrons. The first-order valence-corrected chi connectivity index (χ1v) is 17.3. The van der Waals surface area contributed by atoms with E-state index in [2.05, 4.69) is 59.1 Å². The minimum absolute atomic E-state index is 0. The summed E-state index contributed by atoms with van der Waals surface area (Å²) in [6.45, 7) is 13.2. The van der Waals surface area contributed by atoms with Crippen LogP contribution in [0.25, 0.3) is 50.9 Å². The van der Waals surface area contributed by atoms with Crippen molar-refractivity contribution in [3.05, 3.63) is 151 Å². The van der Waals surface area contributed by atoms with Gasteiger partial charge in [-0.05, 0) is 30.2 Å². The van der Waals surface area contributed by atoms with E-state index in [9.17, 15) is 30.3 Å². The number of anilines is 1. The van der Waals surface area contributed by atoms with Gasteiger partial charge in [0.15, 0.2) is 5.52 Å². The van der Waals surface area contributed by atoms with Crippen LogP contribution in [0.4, 0.5) is 22.7 Å². The molecule has 0 atom stereocenters. The van der Waals surface area contributed by atoms with E-state index in [4.69, 9.17) is 5.73 Å². The molecule has 17 heteroatoms. The van der Waals surface area contributed by atoms with Crippen LogP contribution in [0, 0.1) is 30.3 Å². The van der Waals surface area contributed by atoms with Gasteiger partial charge in [0.25, 0.3) is 5.69 Å². The summed E-state index contributed by atoms with van der Waals surface area (Å²) in [6, 6.07) is 14.6. The minimum atomic E-state index is -0.424. The zero-order valence-corrected chi connectivity index (χ0v) is 31.7. The van der Waals surface area contributed by atoms with Gasteiger partial charge in [0.1, 0.15) is 11.0 Å². The molecule has 0 saturated heterocycles. The van der Waals surface area contributed by atoms with Crippen LogP contribution in [0.15, 0.2) is 91.9 Å². The molecule has 0 fully saturated rings. The van der Waals surface area contributed by atoms with Gasteiger partial charge in [0.05, 0.1) is 55.5 Å². The number of nitro groups is 3. The second-order valence-electron chi connectivity index (χ2n) is 12.6. The van der Waals surface area contributed by atoms with Crippen LogP contribution >= 0.6 is 0 Å². The van der Waals surface area contributed by atoms with Crippen molar-refractivity contribution in [3.63, 3.8) is 0 Å². The molecule has 1 aliphatic heterocycles. The number of fused-ring (bicyclic) bond motifs is 4. The van der Waals surface area contributed by atoms with Crippen LogP contribution in [-0.4, -0.2) is 50.3 Å². The molecule has 1 aliphatic rings. The second-order valence-corrected chi connectivity index (χ2v) is 12.6. The Bertz CT molecular complexity index is 2750. The molecule has 0 unspecified atom stereocenters. The molecule has 2 N–H and O–H groups in total. The zero-order valence-electron chi connectivity index (χ0n) is 31.7. The van der Waals surface area contributed by atoms with Gasteiger partial charge in [0.2, 0.25) is 0 Å². The lowest BCUT2D eigenvalue weighted by atomic mass is 10.0. The van der Waals surface area contributed by atoms with Gasteiger partial charge in [-0.15, -0.1) is 0 Å². The zero-order chi connectivity index (χ0) is 41.6. The van der Waals surface area contributed by atoms with Crippen LogP contribution < -0.4 is 5.73 Å². The average molecular weight is 802 g/mol. The molecule has 0 bridgehead atoms. The van der Waals surface area contributed by atoms with Crippen molar-refractivity contribution in [1.82, 2.24) is 29.3 Å². The summed E-state index contributed by atoms with van der Waals surface area (Å²) in [6.07, 6.45) is 12.4. The predicted molar refractivity (Wildman–Crippen MR) is 237 cm³/mol. The molecule has 17 nitrogen and oxygen atoms in total. The van der Waals surface area contributed by atoms with E-state index in [1.54, 1.807) is 72.4 Å². The van der Waals surface area contributed by atoms with Gasteiger partial charge in [-0.2, -0.15) is 15.3 Å². The first-order chi connectivity index (χ1) is 27.2. The molecule has 3 aromatic heterocycles. The van der Waals surface area contributed by atoms with Crippen molar-refractivity contribution in [2.75, 3.05) is 5.73 Å². The topological polar surface area (TPSA) is 221 Å². The normalized spacial score (nSPS) is 10.7. The molecule has 0 amide bonds. The molecule has 0 aliphatic carbocycles. The van der Waals surface area contributed by atoms with Gasteiger partial charge >= 0.3 is 11.4 Å². The number of hydrogen-bond acceptors (Lipinski definition) is 11. The van der Waals surface area contributed by atoms with Gasteiger partial charge < -0.3 is 5.73 Å². The minimum Gasteiger partial charge on any atom is -0.397 e. The van der Waals surface area contributed by atoms with Crippen LogP contribution in [0.2, 0.25) is 0 Å². The first kappa shape index (κ1) is 45.6. The van der Waals surface area contributed by atoms with E-state index in [0.717, 1.165) is 39.3 Å². The van der Waals surface area contributed by atoms with Crippen LogP contribution in [-0.2, 0) is 34.1 Å². The Labute approximate surface area is 340 Å². The number of nitro benzene ring substituents is 3. The number of aryl methyl sites for hydroxylation is 4. The van der Waals surface area contributed by atoms with Crippen molar-refractivity contribution in [1.29, 1.82) is 0 Å². The summed E-state index contributed by atoms with van der Waals surface area (Å²) in [5.41, 5.74) is 13.1. The van der Waals surface area contributed by atoms with Gasteiger partial charge in [-0.25, -0.2) is 0 Å². The fraction of sp³-hybridized carbons (Fsp3) is 0.190. The standard InChI is InChI=1S/2C10H9N3O2.C10H13N3.C10H8N2O2.2CH4/c1-3-7-4-5-8-6-12(2)11-9(8)10(7)13(14)15;1-3-7-4-5-8-6-11-12(2)9(8)10(7)13(14)15;1-3-7-4-5-8-6-13(2)12-10(8)9(7)11;1-2-7-3-4-8-5-11-6-9(8)10(7)12(13)14;;/h2*3-6H,1H2,2H3;4-6H,3,11H2,1-2H3;2-5H,1,6H2;2*1H4. The van der Waals surface area contributed by atoms with Gasteiger partial charge in [0, 0.05) is 61.5 Å². The summed E-state index contributed by atoms with van der Waals surface area (Å²) in [5, 5.41) is 47.7. The highest BCUT2D eigenvalue weighted by Gasteiger charge is 2.23. The summed E-state index contributed by atoms with van der Waals surface area (Å²) >= 11 is 0. The number of benzene rings is 4.